The van der Waals surface area contributed by atoms with Crippen LogP contribution in [0.3, 0.4) is 0 Å². The van der Waals surface area contributed by atoms with Gasteiger partial charge in [0.05, 0.1) is 11.3 Å². The van der Waals surface area contributed by atoms with Crippen molar-refractivity contribution in [2.45, 2.75) is 5.75 Å². The minimum atomic E-state index is -3.57. The van der Waals surface area contributed by atoms with E-state index in [4.69, 9.17) is 11.6 Å². The van der Waals surface area contributed by atoms with Gasteiger partial charge in [0.15, 0.2) is 9.84 Å². The first-order chi connectivity index (χ1) is 10.4. The van der Waals surface area contributed by atoms with Crippen molar-refractivity contribution < 1.29 is 13.2 Å². The highest BCUT2D eigenvalue weighted by Crippen LogP contribution is 2.32. The van der Waals surface area contributed by atoms with E-state index in [0.717, 1.165) is 5.41 Å². The number of fused-ring (bicyclic) bond motifs is 1. The fourth-order valence-electron chi connectivity index (χ4n) is 2.29. The fraction of sp³-hybridized carbons (Fsp3) is 0.0625. The topological polar surface area (TPSA) is 63.2 Å². The van der Waals surface area contributed by atoms with Gasteiger partial charge in [-0.05, 0) is 23.8 Å². The molecule has 3 rings (SSSR count). The largest absolute Gasteiger partial charge is 0.321 e. The summed E-state index contributed by atoms with van der Waals surface area (Å²) in [4.78, 5) is 11.9. The number of nitrogens with one attached hydrogen (secondary N) is 1. The molecule has 0 fully saturated rings. The number of anilines is 1. The van der Waals surface area contributed by atoms with Crippen LogP contribution < -0.4 is 5.32 Å². The molecule has 2 aromatic rings. The number of benzene rings is 2. The lowest BCUT2D eigenvalue weighted by Gasteiger charge is -2.02. The molecule has 0 aromatic heterocycles. The van der Waals surface area contributed by atoms with Gasteiger partial charge in [-0.1, -0.05) is 41.9 Å². The van der Waals surface area contributed by atoms with Crippen LogP contribution in [0.5, 0.6) is 0 Å². The van der Waals surface area contributed by atoms with Crippen LogP contribution in [0.25, 0.3) is 5.57 Å². The molecule has 0 spiro atoms. The molecule has 0 atom stereocenters. The molecular formula is C16H12ClNO3S. The molecule has 2 aromatic carbocycles. The quantitative estimate of drug-likeness (QED) is 0.877. The first-order valence-electron chi connectivity index (χ1n) is 6.54. The predicted molar refractivity (Wildman–Crippen MR) is 87.1 cm³/mol. The first kappa shape index (κ1) is 14.8. The predicted octanol–water partition coefficient (Wildman–Crippen LogP) is 3.25. The Morgan fingerprint density at radius 2 is 1.73 bits per heavy atom. The first-order valence-corrected chi connectivity index (χ1v) is 8.64. The Balaban J connectivity index is 1.93. The van der Waals surface area contributed by atoms with Gasteiger partial charge in [-0.15, -0.1) is 0 Å². The van der Waals surface area contributed by atoms with Crippen molar-refractivity contribution in [3.63, 3.8) is 0 Å². The van der Waals surface area contributed by atoms with Crippen molar-refractivity contribution in [1.29, 1.82) is 0 Å². The highest BCUT2D eigenvalue weighted by atomic mass is 35.5. The van der Waals surface area contributed by atoms with Crippen LogP contribution in [0.1, 0.15) is 11.1 Å². The summed E-state index contributed by atoms with van der Waals surface area (Å²) in [5.74, 6) is -0.579. The summed E-state index contributed by atoms with van der Waals surface area (Å²) in [6.45, 7) is 0. The van der Waals surface area contributed by atoms with Crippen molar-refractivity contribution in [2.24, 2.45) is 0 Å². The third-order valence-electron chi connectivity index (χ3n) is 3.29. The van der Waals surface area contributed by atoms with Crippen LogP contribution in [0, 0.1) is 0 Å². The van der Waals surface area contributed by atoms with Gasteiger partial charge >= 0.3 is 0 Å². The van der Waals surface area contributed by atoms with E-state index in [2.05, 4.69) is 5.32 Å². The maximum Gasteiger partial charge on any atom is 0.257 e. The van der Waals surface area contributed by atoms with Crippen LogP contribution in [0.4, 0.5) is 5.69 Å². The molecule has 0 saturated carbocycles. The average molecular weight is 334 g/mol. The lowest BCUT2D eigenvalue weighted by molar-refractivity contribution is -0.110. The van der Waals surface area contributed by atoms with Gasteiger partial charge in [-0.25, -0.2) is 8.42 Å². The Morgan fingerprint density at radius 1 is 1.05 bits per heavy atom. The van der Waals surface area contributed by atoms with Gasteiger partial charge in [-0.2, -0.15) is 0 Å². The SMILES string of the molecule is O=C1Nc2ccccc2C1=CS(=O)(=O)Cc1ccc(Cl)cc1. The third-order valence-corrected chi connectivity index (χ3v) is 4.87. The summed E-state index contributed by atoms with van der Waals surface area (Å²) in [7, 11) is -3.57. The molecule has 1 N–H and O–H groups in total. The van der Waals surface area contributed by atoms with E-state index in [1.165, 1.54) is 0 Å². The highest BCUT2D eigenvalue weighted by molar-refractivity contribution is 7.93. The van der Waals surface area contributed by atoms with Crippen molar-refractivity contribution in [2.75, 3.05) is 5.32 Å². The molecular weight excluding hydrogens is 322 g/mol. The number of amides is 1. The van der Waals surface area contributed by atoms with Gasteiger partial charge in [0.2, 0.25) is 0 Å². The van der Waals surface area contributed by atoms with Crippen LogP contribution >= 0.6 is 11.6 Å². The fourth-order valence-corrected chi connectivity index (χ4v) is 3.75. The summed E-state index contributed by atoms with van der Waals surface area (Å²) >= 11 is 5.78. The minimum Gasteiger partial charge on any atom is -0.321 e. The van der Waals surface area contributed by atoms with Gasteiger partial charge in [-0.3, -0.25) is 4.79 Å². The second-order valence-electron chi connectivity index (χ2n) is 4.96. The zero-order valence-electron chi connectivity index (χ0n) is 11.4. The van der Waals surface area contributed by atoms with E-state index in [1.807, 2.05) is 0 Å². The average Bonchev–Trinajstić information content (AvgIpc) is 2.77. The highest BCUT2D eigenvalue weighted by Gasteiger charge is 2.25. The van der Waals surface area contributed by atoms with Crippen molar-refractivity contribution >= 4 is 38.6 Å². The molecule has 0 saturated heterocycles. The maximum absolute atomic E-state index is 12.3. The Labute approximate surface area is 133 Å². The van der Waals surface area contributed by atoms with Gasteiger partial charge in [0.1, 0.15) is 0 Å². The lowest BCUT2D eigenvalue weighted by atomic mass is 10.1. The zero-order chi connectivity index (χ0) is 15.7. The standard InChI is InChI=1S/C16H12ClNO3S/c17-12-7-5-11(6-8-12)9-22(20,21)10-14-13-3-1-2-4-15(13)18-16(14)19/h1-8,10H,9H2,(H,18,19). The summed E-state index contributed by atoms with van der Waals surface area (Å²) in [5, 5.41) is 4.24. The number of halogens is 1. The van der Waals surface area contributed by atoms with Crippen LogP contribution in [0.15, 0.2) is 53.9 Å². The number of rotatable bonds is 3. The molecule has 0 radical (unpaired) electrons. The summed E-state index contributed by atoms with van der Waals surface area (Å²) < 4.78 is 24.6. The second-order valence-corrected chi connectivity index (χ2v) is 7.25. The number of hydrogen-bond acceptors (Lipinski definition) is 3. The molecule has 6 heteroatoms. The number of carbonyl (C=O) groups excluding carboxylic acids is 1. The monoisotopic (exact) mass is 333 g/mol. The Hall–Kier alpha value is -2.11. The molecule has 1 aliphatic heterocycles. The maximum atomic E-state index is 12.3. The normalized spacial score (nSPS) is 15.7. The van der Waals surface area contributed by atoms with E-state index >= 15 is 0 Å². The van der Waals surface area contributed by atoms with Crippen LogP contribution in [0.2, 0.25) is 5.02 Å². The van der Waals surface area contributed by atoms with Crippen LogP contribution in [-0.2, 0) is 20.4 Å². The minimum absolute atomic E-state index is 0.171. The van der Waals surface area contributed by atoms with Crippen molar-refractivity contribution in [3.8, 4) is 0 Å². The van der Waals surface area contributed by atoms with Crippen LogP contribution in [-0.4, -0.2) is 14.3 Å². The summed E-state index contributed by atoms with van der Waals surface area (Å²) in [6, 6.07) is 13.6. The zero-order valence-corrected chi connectivity index (χ0v) is 13.0. The van der Waals surface area contributed by atoms with E-state index in [1.54, 1.807) is 48.5 Å². The molecule has 1 aliphatic rings. The Morgan fingerprint density at radius 3 is 2.45 bits per heavy atom. The van der Waals surface area contributed by atoms with E-state index in [-0.39, 0.29) is 11.3 Å². The molecule has 22 heavy (non-hydrogen) atoms. The third kappa shape index (κ3) is 3.05. The second kappa shape index (κ2) is 5.59. The summed E-state index contributed by atoms with van der Waals surface area (Å²) in [5.41, 5.74) is 2.02. The molecule has 1 amide bonds. The number of sulfone groups is 1. The van der Waals surface area contributed by atoms with E-state index < -0.39 is 15.7 Å². The van der Waals surface area contributed by atoms with Gasteiger partial charge < -0.3 is 5.32 Å². The number of carbonyl (C=O) groups is 1. The molecule has 0 bridgehead atoms. The summed E-state index contributed by atoms with van der Waals surface area (Å²) in [6.07, 6.45) is 0. The Bertz CT molecular complexity index is 871. The van der Waals surface area contributed by atoms with Crippen molar-refractivity contribution in [1.82, 2.24) is 0 Å². The van der Waals surface area contributed by atoms with Crippen molar-refractivity contribution in [3.05, 3.63) is 70.1 Å². The number of para-hydroxylation sites is 1. The Kier molecular flexibility index (Phi) is 3.76. The molecule has 112 valence electrons. The molecule has 0 unspecified atom stereocenters. The smallest absolute Gasteiger partial charge is 0.257 e. The molecule has 4 nitrogen and oxygen atoms in total. The number of hydrogen-bond donors (Lipinski definition) is 1. The lowest BCUT2D eigenvalue weighted by Crippen LogP contribution is -2.07. The van der Waals surface area contributed by atoms with E-state index in [9.17, 15) is 13.2 Å². The van der Waals surface area contributed by atoms with Gasteiger partial charge in [0.25, 0.3) is 5.91 Å². The van der Waals surface area contributed by atoms with Gasteiger partial charge in [0, 0.05) is 21.7 Å². The molecule has 1 heterocycles. The molecule has 0 aliphatic carbocycles. The van der Waals surface area contributed by atoms with E-state index in [0.29, 0.717) is 21.8 Å².